The van der Waals surface area contributed by atoms with E-state index in [1.54, 1.807) is 28.8 Å². The number of allylic oxidation sites excluding steroid dienone is 2. The number of amides is 1. The van der Waals surface area contributed by atoms with Gasteiger partial charge in [0.05, 0.1) is 24.0 Å². The van der Waals surface area contributed by atoms with Crippen molar-refractivity contribution in [3.8, 4) is 0 Å². The number of thioether (sulfide) groups is 1. The van der Waals surface area contributed by atoms with Gasteiger partial charge in [0.25, 0.3) is 0 Å². The highest BCUT2D eigenvalue weighted by Gasteiger charge is 2.29. The summed E-state index contributed by atoms with van der Waals surface area (Å²) in [5.41, 5.74) is 6.81. The molecule has 0 aromatic heterocycles. The van der Waals surface area contributed by atoms with Gasteiger partial charge in [0.1, 0.15) is 17.5 Å². The maximum absolute atomic E-state index is 12.4. The molecule has 2 rings (SSSR count). The lowest BCUT2D eigenvalue weighted by Crippen LogP contribution is -2.45. The SMILES string of the molecule is C=CSC(N)=C1C=N/N=C\C=C(\OC2CCCN(C(=O)OC(C)(C)C)C2)C1=C. The number of rotatable bonds is 4. The minimum Gasteiger partial charge on any atom is -0.488 e. The van der Waals surface area contributed by atoms with E-state index in [0.29, 0.717) is 35.0 Å². The first kappa shape index (κ1) is 21.8. The third-order valence-electron chi connectivity index (χ3n) is 3.97. The molecule has 8 heteroatoms. The minimum atomic E-state index is -0.531. The zero-order chi connectivity index (χ0) is 20.7. The molecule has 28 heavy (non-hydrogen) atoms. The number of piperidine rings is 1. The van der Waals surface area contributed by atoms with E-state index in [4.69, 9.17) is 15.2 Å². The van der Waals surface area contributed by atoms with Gasteiger partial charge in [0.2, 0.25) is 0 Å². The Labute approximate surface area is 170 Å². The summed E-state index contributed by atoms with van der Waals surface area (Å²) in [7, 11) is 0. The molecule has 152 valence electrons. The number of nitrogens with two attached hydrogens (primary N) is 1. The third-order valence-corrected chi connectivity index (χ3v) is 4.61. The summed E-state index contributed by atoms with van der Waals surface area (Å²) in [6, 6.07) is 0. The Morgan fingerprint density at radius 3 is 2.86 bits per heavy atom. The average Bonchev–Trinajstić information content (AvgIpc) is 2.60. The van der Waals surface area contributed by atoms with Gasteiger partial charge in [-0.2, -0.15) is 10.2 Å². The van der Waals surface area contributed by atoms with E-state index in [0.717, 1.165) is 12.8 Å². The maximum Gasteiger partial charge on any atom is 0.410 e. The van der Waals surface area contributed by atoms with Crippen LogP contribution in [-0.2, 0) is 9.47 Å². The van der Waals surface area contributed by atoms with Crippen LogP contribution in [0, 0.1) is 0 Å². The third kappa shape index (κ3) is 6.30. The molecule has 7 nitrogen and oxygen atoms in total. The Kier molecular flexibility index (Phi) is 7.51. The van der Waals surface area contributed by atoms with Crippen LogP contribution < -0.4 is 5.73 Å². The molecule has 2 aliphatic heterocycles. The van der Waals surface area contributed by atoms with Crippen LogP contribution in [-0.4, -0.2) is 48.2 Å². The molecule has 0 saturated carbocycles. The van der Waals surface area contributed by atoms with Gasteiger partial charge in [-0.1, -0.05) is 24.9 Å². The van der Waals surface area contributed by atoms with E-state index in [1.807, 2.05) is 20.8 Å². The average molecular weight is 405 g/mol. The van der Waals surface area contributed by atoms with Crippen LogP contribution in [0.2, 0.25) is 0 Å². The van der Waals surface area contributed by atoms with Crippen molar-refractivity contribution < 1.29 is 14.3 Å². The van der Waals surface area contributed by atoms with Gasteiger partial charge in [-0.05, 0) is 39.0 Å². The molecule has 1 amide bonds. The van der Waals surface area contributed by atoms with E-state index < -0.39 is 5.60 Å². The molecule has 0 radical (unpaired) electrons. The van der Waals surface area contributed by atoms with Gasteiger partial charge in [0, 0.05) is 23.8 Å². The van der Waals surface area contributed by atoms with Crippen molar-refractivity contribution in [2.45, 2.75) is 45.3 Å². The smallest absolute Gasteiger partial charge is 0.410 e. The molecular weight excluding hydrogens is 376 g/mol. The van der Waals surface area contributed by atoms with Gasteiger partial charge in [-0.3, -0.25) is 0 Å². The van der Waals surface area contributed by atoms with E-state index in [1.165, 1.54) is 11.8 Å². The fourth-order valence-corrected chi connectivity index (χ4v) is 3.21. The van der Waals surface area contributed by atoms with E-state index >= 15 is 0 Å². The van der Waals surface area contributed by atoms with Gasteiger partial charge < -0.3 is 20.1 Å². The number of likely N-dealkylation sites (tertiary alicyclic amines) is 1. The van der Waals surface area contributed by atoms with Crippen LogP contribution in [0.4, 0.5) is 4.79 Å². The van der Waals surface area contributed by atoms with Gasteiger partial charge in [-0.15, -0.1) is 0 Å². The molecule has 0 aromatic rings. The summed E-state index contributed by atoms with van der Waals surface area (Å²) in [5, 5.41) is 10.0. The monoisotopic (exact) mass is 404 g/mol. The standard InChI is InChI=1S/C20H28N4O3S/c1-6-28-18(21)16-12-23-22-10-9-17(14(16)2)26-15-8-7-11-24(13-15)19(25)27-20(3,4)5/h6,9-10,12,15H,1-2,7-8,11,13,21H2,3-5H3/b17-9+,18-16?,22-10-,23-12?. The second-order valence-corrected chi connectivity index (χ2v) is 8.40. The second-order valence-electron chi connectivity index (χ2n) is 7.39. The first-order valence-corrected chi connectivity index (χ1v) is 9.97. The zero-order valence-corrected chi connectivity index (χ0v) is 17.5. The molecule has 1 atom stereocenters. The van der Waals surface area contributed by atoms with Crippen LogP contribution in [0.1, 0.15) is 33.6 Å². The fraction of sp³-hybridized carbons (Fsp3) is 0.450. The molecule has 0 bridgehead atoms. The van der Waals surface area contributed by atoms with Gasteiger partial charge in [0.15, 0.2) is 0 Å². The van der Waals surface area contributed by atoms with E-state index in [9.17, 15) is 4.79 Å². The first-order valence-electron chi connectivity index (χ1n) is 9.09. The summed E-state index contributed by atoms with van der Waals surface area (Å²) in [6.45, 7) is 14.4. The topological polar surface area (TPSA) is 89.5 Å². The molecule has 1 unspecified atom stereocenters. The van der Waals surface area contributed by atoms with Crippen molar-refractivity contribution in [1.29, 1.82) is 0 Å². The maximum atomic E-state index is 12.4. The molecule has 2 N–H and O–H groups in total. The molecular formula is C20H28N4O3S. The van der Waals surface area contributed by atoms with Crippen LogP contribution in [0.25, 0.3) is 0 Å². The van der Waals surface area contributed by atoms with Crippen molar-refractivity contribution in [2.75, 3.05) is 13.1 Å². The van der Waals surface area contributed by atoms with Crippen molar-refractivity contribution >= 4 is 30.3 Å². The van der Waals surface area contributed by atoms with Crippen LogP contribution in [0.3, 0.4) is 0 Å². The Morgan fingerprint density at radius 2 is 2.18 bits per heavy atom. The number of carbonyl (C=O) groups excluding carboxylic acids is 1. The van der Waals surface area contributed by atoms with Gasteiger partial charge >= 0.3 is 6.09 Å². The number of hydrogen-bond acceptors (Lipinski definition) is 7. The second kappa shape index (κ2) is 9.64. The quantitative estimate of drug-likeness (QED) is 0.766. The molecule has 1 saturated heterocycles. The molecule has 0 aromatic carbocycles. The fourth-order valence-electron chi connectivity index (χ4n) is 2.72. The van der Waals surface area contributed by atoms with E-state index in [2.05, 4.69) is 23.4 Å². The highest BCUT2D eigenvalue weighted by molar-refractivity contribution is 8.05. The first-order chi connectivity index (χ1) is 13.2. The van der Waals surface area contributed by atoms with E-state index in [-0.39, 0.29) is 12.2 Å². The summed E-state index contributed by atoms with van der Waals surface area (Å²) >= 11 is 1.28. The summed E-state index contributed by atoms with van der Waals surface area (Å²) in [6.07, 6.45) is 5.95. The van der Waals surface area contributed by atoms with Crippen molar-refractivity contribution in [3.05, 3.63) is 46.6 Å². The summed E-state index contributed by atoms with van der Waals surface area (Å²) < 4.78 is 11.7. The molecule has 0 aliphatic carbocycles. The largest absolute Gasteiger partial charge is 0.488 e. The highest BCUT2D eigenvalue weighted by Crippen LogP contribution is 2.28. The summed E-state index contributed by atoms with van der Waals surface area (Å²) in [5.74, 6) is 0.550. The predicted molar refractivity (Wildman–Crippen MR) is 115 cm³/mol. The number of carbonyl (C=O) groups is 1. The molecule has 0 spiro atoms. The van der Waals surface area contributed by atoms with Gasteiger partial charge in [-0.25, -0.2) is 4.79 Å². The lowest BCUT2D eigenvalue weighted by atomic mass is 10.1. The molecule has 2 aliphatic rings. The minimum absolute atomic E-state index is 0.177. The summed E-state index contributed by atoms with van der Waals surface area (Å²) in [4.78, 5) is 14.1. The van der Waals surface area contributed by atoms with Crippen LogP contribution in [0.5, 0.6) is 0 Å². The number of ether oxygens (including phenoxy) is 2. The lowest BCUT2D eigenvalue weighted by molar-refractivity contribution is -0.00204. The Morgan fingerprint density at radius 1 is 1.43 bits per heavy atom. The van der Waals surface area contributed by atoms with Crippen LogP contribution in [0.15, 0.2) is 56.8 Å². The Hall–Kier alpha value is -2.48. The van der Waals surface area contributed by atoms with Crippen molar-refractivity contribution in [3.63, 3.8) is 0 Å². The zero-order valence-electron chi connectivity index (χ0n) is 16.7. The normalized spacial score (nSPS) is 25.1. The van der Waals surface area contributed by atoms with Crippen LogP contribution >= 0.6 is 11.8 Å². The Bertz CT molecular complexity index is 747. The van der Waals surface area contributed by atoms with Crippen molar-refractivity contribution in [1.82, 2.24) is 4.90 Å². The van der Waals surface area contributed by atoms with Crippen molar-refractivity contribution in [2.24, 2.45) is 15.9 Å². The Balaban J connectivity index is 2.12. The molecule has 2 heterocycles. The number of nitrogens with zero attached hydrogens (tertiary/aromatic N) is 3. The number of hydrogen-bond donors (Lipinski definition) is 1. The lowest BCUT2D eigenvalue weighted by Gasteiger charge is -2.34. The highest BCUT2D eigenvalue weighted by atomic mass is 32.2. The molecule has 1 fully saturated rings. The predicted octanol–water partition coefficient (Wildman–Crippen LogP) is 3.96.